The van der Waals surface area contributed by atoms with E-state index in [4.69, 9.17) is 5.11 Å². The van der Waals surface area contributed by atoms with E-state index in [0.717, 1.165) is 0 Å². The van der Waals surface area contributed by atoms with Gasteiger partial charge in [0.1, 0.15) is 6.61 Å². The number of aromatic amines is 2. The first-order chi connectivity index (χ1) is 6.76. The Bertz CT molecular complexity index is 408. The minimum absolute atomic E-state index is 0.707. The van der Waals surface area contributed by atoms with Crippen molar-refractivity contribution < 1.29 is 22.7 Å². The molecule has 86 valence electrons. The molecule has 1 heterocycles. The van der Waals surface area contributed by atoms with Gasteiger partial charge in [-0.1, -0.05) is 0 Å². The van der Waals surface area contributed by atoms with E-state index in [1.54, 1.807) is 4.98 Å². The standard InChI is InChI=1S/C4H3FN2O2.C2H3F3O/c5-2-1-6-4(9)7-3(2)8;3-2(4,5)1-6/h1H,(H2,6,7,8,9);6H,1H2. The Labute approximate surface area is 79.4 Å². The fraction of sp³-hybridized carbons (Fsp3) is 0.333. The van der Waals surface area contributed by atoms with Crippen LogP contribution in [0.3, 0.4) is 0 Å². The zero-order valence-electron chi connectivity index (χ0n) is 7.06. The SMILES string of the molecule is O=c1[nH]cc(F)c(=O)[nH]1.OCC(F)(F)F. The van der Waals surface area contributed by atoms with Crippen molar-refractivity contribution in [2.24, 2.45) is 0 Å². The largest absolute Gasteiger partial charge is 0.411 e. The highest BCUT2D eigenvalue weighted by Gasteiger charge is 2.24. The lowest BCUT2D eigenvalue weighted by atomic mass is 10.6. The molecule has 0 saturated carbocycles. The fourth-order valence-electron chi connectivity index (χ4n) is 0.393. The van der Waals surface area contributed by atoms with Crippen molar-refractivity contribution in [3.05, 3.63) is 32.9 Å². The van der Waals surface area contributed by atoms with Crippen LogP contribution in [0.5, 0.6) is 0 Å². The summed E-state index contributed by atoms with van der Waals surface area (Å²) in [6.07, 6.45) is -3.69. The third-order valence-electron chi connectivity index (χ3n) is 0.953. The van der Waals surface area contributed by atoms with Gasteiger partial charge in [0, 0.05) is 6.20 Å². The van der Waals surface area contributed by atoms with Crippen LogP contribution in [0.1, 0.15) is 0 Å². The van der Waals surface area contributed by atoms with E-state index >= 15 is 0 Å². The zero-order chi connectivity index (χ0) is 12.1. The third-order valence-corrected chi connectivity index (χ3v) is 0.953. The first kappa shape index (κ1) is 13.4. The van der Waals surface area contributed by atoms with Crippen molar-refractivity contribution in [2.45, 2.75) is 6.18 Å². The van der Waals surface area contributed by atoms with Gasteiger partial charge >= 0.3 is 11.9 Å². The number of hydrogen-bond acceptors (Lipinski definition) is 3. The van der Waals surface area contributed by atoms with Crippen LogP contribution in [0.4, 0.5) is 17.6 Å². The van der Waals surface area contributed by atoms with E-state index in [9.17, 15) is 27.2 Å². The summed E-state index contributed by atoms with van der Waals surface area (Å²) in [6, 6.07) is 0. The number of aromatic nitrogens is 2. The van der Waals surface area contributed by atoms with E-state index in [1.165, 1.54) is 0 Å². The van der Waals surface area contributed by atoms with Crippen LogP contribution in [-0.2, 0) is 0 Å². The number of halogens is 4. The molecule has 0 aliphatic heterocycles. The monoisotopic (exact) mass is 230 g/mol. The van der Waals surface area contributed by atoms with E-state index in [2.05, 4.69) is 0 Å². The van der Waals surface area contributed by atoms with E-state index in [-0.39, 0.29) is 0 Å². The fourth-order valence-corrected chi connectivity index (χ4v) is 0.393. The quantitative estimate of drug-likeness (QED) is 0.537. The van der Waals surface area contributed by atoms with Crippen molar-refractivity contribution in [2.75, 3.05) is 6.61 Å². The summed E-state index contributed by atoms with van der Waals surface area (Å²) in [4.78, 5) is 24.0. The Hall–Kier alpha value is -1.64. The number of aliphatic hydroxyl groups excluding tert-OH is 1. The van der Waals surface area contributed by atoms with Gasteiger partial charge in [-0.25, -0.2) is 4.79 Å². The molecule has 5 nitrogen and oxygen atoms in total. The number of hydrogen-bond donors (Lipinski definition) is 3. The summed E-state index contributed by atoms with van der Waals surface area (Å²) in [5, 5.41) is 7.28. The van der Waals surface area contributed by atoms with Crippen LogP contribution >= 0.6 is 0 Å². The molecule has 0 unspecified atom stereocenters. The lowest BCUT2D eigenvalue weighted by Gasteiger charge is -1.95. The van der Waals surface area contributed by atoms with E-state index in [1.807, 2.05) is 4.98 Å². The number of alkyl halides is 3. The summed E-state index contributed by atoms with van der Waals surface area (Å²) in [5.41, 5.74) is -1.71. The molecule has 1 rings (SSSR count). The maximum absolute atomic E-state index is 12.0. The molecule has 0 atom stereocenters. The second kappa shape index (κ2) is 5.29. The van der Waals surface area contributed by atoms with Crippen molar-refractivity contribution in [3.63, 3.8) is 0 Å². The van der Waals surface area contributed by atoms with Crippen LogP contribution in [0.2, 0.25) is 0 Å². The average Bonchev–Trinajstić information content (AvgIpc) is 2.12. The van der Waals surface area contributed by atoms with Gasteiger partial charge in [0.15, 0.2) is 0 Å². The Morgan fingerprint density at radius 2 is 1.80 bits per heavy atom. The summed E-state index contributed by atoms with van der Waals surface area (Å²) in [6.45, 7) is -1.73. The van der Waals surface area contributed by atoms with Crippen molar-refractivity contribution >= 4 is 0 Å². The minimum atomic E-state index is -4.40. The molecule has 0 spiro atoms. The Balaban J connectivity index is 0.000000288. The molecule has 15 heavy (non-hydrogen) atoms. The summed E-state index contributed by atoms with van der Waals surface area (Å²) in [5.74, 6) is -0.991. The smallest absolute Gasteiger partial charge is 0.387 e. The van der Waals surface area contributed by atoms with E-state index in [0.29, 0.717) is 6.20 Å². The minimum Gasteiger partial charge on any atom is -0.387 e. The molecule has 3 N–H and O–H groups in total. The molecule has 1 aromatic heterocycles. The maximum atomic E-state index is 12.0. The number of nitrogens with one attached hydrogen (secondary N) is 2. The highest BCUT2D eigenvalue weighted by molar-refractivity contribution is 4.83. The molecule has 0 fully saturated rings. The van der Waals surface area contributed by atoms with Gasteiger partial charge in [0.2, 0.25) is 5.82 Å². The van der Waals surface area contributed by atoms with Crippen LogP contribution < -0.4 is 11.2 Å². The van der Waals surface area contributed by atoms with Gasteiger partial charge < -0.3 is 10.1 Å². The lowest BCUT2D eigenvalue weighted by molar-refractivity contribution is -0.159. The first-order valence-corrected chi connectivity index (χ1v) is 3.41. The van der Waals surface area contributed by atoms with Gasteiger partial charge in [0.05, 0.1) is 0 Å². The van der Waals surface area contributed by atoms with E-state index < -0.39 is 29.8 Å². The van der Waals surface area contributed by atoms with Crippen LogP contribution in [0.15, 0.2) is 15.8 Å². The molecule has 0 radical (unpaired) electrons. The molecule has 0 bridgehead atoms. The molecule has 0 aromatic carbocycles. The molecule has 1 aromatic rings. The molecular weight excluding hydrogens is 224 g/mol. The second-order valence-electron chi connectivity index (χ2n) is 2.19. The highest BCUT2D eigenvalue weighted by atomic mass is 19.4. The highest BCUT2D eigenvalue weighted by Crippen LogP contribution is 2.11. The molecular formula is C6H6F4N2O3. The van der Waals surface area contributed by atoms with Crippen molar-refractivity contribution in [1.82, 2.24) is 9.97 Å². The normalized spacial score (nSPS) is 10.5. The van der Waals surface area contributed by atoms with Crippen molar-refractivity contribution in [3.8, 4) is 0 Å². The summed E-state index contributed by atoms with van der Waals surface area (Å²) >= 11 is 0. The molecule has 0 aliphatic rings. The average molecular weight is 230 g/mol. The Morgan fingerprint density at radius 1 is 1.33 bits per heavy atom. The number of rotatable bonds is 0. The predicted molar refractivity (Wildman–Crippen MR) is 40.8 cm³/mol. The molecule has 0 aliphatic carbocycles. The third kappa shape index (κ3) is 6.43. The molecule has 0 saturated heterocycles. The van der Waals surface area contributed by atoms with Gasteiger partial charge in [-0.3, -0.25) is 9.78 Å². The van der Waals surface area contributed by atoms with Crippen molar-refractivity contribution in [1.29, 1.82) is 0 Å². The zero-order valence-corrected chi connectivity index (χ0v) is 7.06. The molecule has 9 heteroatoms. The molecule has 0 amide bonds. The summed E-state index contributed by atoms with van der Waals surface area (Å²) < 4.78 is 43.6. The lowest BCUT2D eigenvalue weighted by Crippen LogP contribution is -2.23. The summed E-state index contributed by atoms with van der Waals surface area (Å²) in [7, 11) is 0. The number of aliphatic hydroxyl groups is 1. The van der Waals surface area contributed by atoms with Crippen LogP contribution in [-0.4, -0.2) is 27.9 Å². The predicted octanol–water partition coefficient (Wildman–Crippen LogP) is -0.257. The van der Waals surface area contributed by atoms with Gasteiger partial charge in [-0.15, -0.1) is 0 Å². The topological polar surface area (TPSA) is 86.0 Å². The van der Waals surface area contributed by atoms with Crippen LogP contribution in [0.25, 0.3) is 0 Å². The second-order valence-corrected chi connectivity index (χ2v) is 2.19. The first-order valence-electron chi connectivity index (χ1n) is 3.41. The maximum Gasteiger partial charge on any atom is 0.411 e. The Morgan fingerprint density at radius 3 is 2.07 bits per heavy atom. The Kier molecular flexibility index (Phi) is 4.71. The van der Waals surface area contributed by atoms with Gasteiger partial charge in [0.25, 0.3) is 5.56 Å². The van der Waals surface area contributed by atoms with Crippen LogP contribution in [0, 0.1) is 5.82 Å². The number of H-pyrrole nitrogens is 2. The van der Waals surface area contributed by atoms with Gasteiger partial charge in [-0.05, 0) is 0 Å². The van der Waals surface area contributed by atoms with Gasteiger partial charge in [-0.2, -0.15) is 17.6 Å².